The topological polar surface area (TPSA) is 50.7 Å². The van der Waals surface area contributed by atoms with Gasteiger partial charge >= 0.3 is 0 Å². The molecule has 0 aromatic rings. The molecule has 104 valence electrons. The first-order valence-electron chi connectivity index (χ1n) is 6.57. The maximum atomic E-state index is 9.24. The van der Waals surface area contributed by atoms with Crippen LogP contribution in [0.15, 0.2) is 0 Å². The second kappa shape index (κ2) is 11.0. The summed E-state index contributed by atoms with van der Waals surface area (Å²) in [6.45, 7) is 8.49. The fourth-order valence-electron chi connectivity index (χ4n) is 1.38. The van der Waals surface area contributed by atoms with Crippen molar-refractivity contribution in [2.24, 2.45) is 5.41 Å². The van der Waals surface area contributed by atoms with Crippen LogP contribution in [-0.2, 0) is 9.47 Å². The number of unbranched alkanes of at least 4 members (excludes halogenated alkanes) is 1. The van der Waals surface area contributed by atoms with Gasteiger partial charge in [-0.15, -0.1) is 0 Å². The van der Waals surface area contributed by atoms with Crippen molar-refractivity contribution in [3.63, 3.8) is 0 Å². The highest BCUT2D eigenvalue weighted by atomic mass is 16.5. The van der Waals surface area contributed by atoms with Gasteiger partial charge in [0.25, 0.3) is 0 Å². The van der Waals surface area contributed by atoms with Gasteiger partial charge in [-0.3, -0.25) is 0 Å². The van der Waals surface area contributed by atoms with Crippen LogP contribution in [0.25, 0.3) is 0 Å². The van der Waals surface area contributed by atoms with Crippen molar-refractivity contribution in [2.45, 2.75) is 33.1 Å². The summed E-state index contributed by atoms with van der Waals surface area (Å²) in [7, 11) is 1.68. The van der Waals surface area contributed by atoms with Crippen LogP contribution in [0.4, 0.5) is 0 Å². The third kappa shape index (κ3) is 9.53. The molecule has 0 aromatic heterocycles. The van der Waals surface area contributed by atoms with Crippen LogP contribution in [0.1, 0.15) is 33.1 Å². The van der Waals surface area contributed by atoms with Crippen molar-refractivity contribution in [2.75, 3.05) is 46.6 Å². The van der Waals surface area contributed by atoms with Crippen LogP contribution >= 0.6 is 0 Å². The van der Waals surface area contributed by atoms with E-state index >= 15 is 0 Å². The Morgan fingerprint density at radius 3 is 2.53 bits per heavy atom. The molecular weight excluding hydrogens is 218 g/mol. The van der Waals surface area contributed by atoms with Crippen LogP contribution < -0.4 is 5.32 Å². The number of rotatable bonds is 12. The summed E-state index contributed by atoms with van der Waals surface area (Å²) < 4.78 is 10.3. The lowest BCUT2D eigenvalue weighted by Gasteiger charge is -2.25. The van der Waals surface area contributed by atoms with Gasteiger partial charge in [0.15, 0.2) is 0 Å². The van der Waals surface area contributed by atoms with Gasteiger partial charge in [-0.1, -0.05) is 13.8 Å². The first kappa shape index (κ1) is 16.8. The van der Waals surface area contributed by atoms with Gasteiger partial charge in [0.1, 0.15) is 0 Å². The molecule has 0 rings (SSSR count). The van der Waals surface area contributed by atoms with E-state index in [0.29, 0.717) is 13.2 Å². The van der Waals surface area contributed by atoms with Gasteiger partial charge in [-0.2, -0.15) is 0 Å². The summed E-state index contributed by atoms with van der Waals surface area (Å²) in [6, 6.07) is 0. The normalized spacial score (nSPS) is 14.8. The summed E-state index contributed by atoms with van der Waals surface area (Å²) in [5.41, 5.74) is 0.0228. The lowest BCUT2D eigenvalue weighted by Crippen LogP contribution is -2.34. The Morgan fingerprint density at radius 2 is 1.94 bits per heavy atom. The predicted octanol–water partition coefficient (Wildman–Crippen LogP) is 1.43. The standard InChI is InChI=1S/C13H29NO3/c1-4-13(2,12-15)11-14-7-5-6-8-17-10-9-16-3/h14-15H,4-12H2,1-3H3. The Bertz CT molecular complexity index is 161. The molecule has 0 aliphatic rings. The minimum Gasteiger partial charge on any atom is -0.396 e. The average molecular weight is 247 g/mol. The summed E-state index contributed by atoms with van der Waals surface area (Å²) in [4.78, 5) is 0. The highest BCUT2D eigenvalue weighted by molar-refractivity contribution is 4.73. The average Bonchev–Trinajstić information content (AvgIpc) is 2.36. The number of hydrogen-bond acceptors (Lipinski definition) is 4. The Labute approximate surface area is 106 Å². The summed E-state index contributed by atoms with van der Waals surface area (Å²) in [5.74, 6) is 0. The van der Waals surface area contributed by atoms with Crippen LogP contribution in [0.2, 0.25) is 0 Å². The largest absolute Gasteiger partial charge is 0.396 e. The molecule has 1 unspecified atom stereocenters. The third-order valence-electron chi connectivity index (χ3n) is 3.11. The number of ether oxygens (including phenoxy) is 2. The first-order valence-corrected chi connectivity index (χ1v) is 6.57. The third-order valence-corrected chi connectivity index (χ3v) is 3.11. The van der Waals surface area contributed by atoms with E-state index in [0.717, 1.165) is 39.0 Å². The molecule has 17 heavy (non-hydrogen) atoms. The highest BCUT2D eigenvalue weighted by Crippen LogP contribution is 2.18. The number of hydrogen-bond donors (Lipinski definition) is 2. The molecule has 2 N–H and O–H groups in total. The molecule has 0 amide bonds. The SMILES string of the molecule is CCC(C)(CO)CNCCCCOCCOC. The molecular formula is C13H29NO3. The second-order valence-corrected chi connectivity index (χ2v) is 4.81. The molecule has 0 aromatic carbocycles. The zero-order chi connectivity index (χ0) is 13.0. The lowest BCUT2D eigenvalue weighted by atomic mass is 9.89. The van der Waals surface area contributed by atoms with Gasteiger partial charge in [-0.05, 0) is 25.8 Å². The van der Waals surface area contributed by atoms with Crippen molar-refractivity contribution >= 4 is 0 Å². The molecule has 1 atom stereocenters. The van der Waals surface area contributed by atoms with Gasteiger partial charge in [0, 0.05) is 32.3 Å². The molecule has 0 fully saturated rings. The van der Waals surface area contributed by atoms with E-state index in [9.17, 15) is 5.11 Å². The Hall–Kier alpha value is -0.160. The zero-order valence-corrected chi connectivity index (χ0v) is 11.6. The number of aliphatic hydroxyl groups is 1. The minimum atomic E-state index is 0.0228. The predicted molar refractivity (Wildman–Crippen MR) is 70.3 cm³/mol. The van der Waals surface area contributed by atoms with Crippen LogP contribution in [0.3, 0.4) is 0 Å². The van der Waals surface area contributed by atoms with Gasteiger partial charge in [0.05, 0.1) is 13.2 Å². The fraction of sp³-hybridized carbons (Fsp3) is 1.00. The molecule has 4 heteroatoms. The maximum Gasteiger partial charge on any atom is 0.0700 e. The molecule has 0 saturated carbocycles. The van der Waals surface area contributed by atoms with Gasteiger partial charge < -0.3 is 19.9 Å². The quantitative estimate of drug-likeness (QED) is 0.512. The summed E-state index contributed by atoms with van der Waals surface area (Å²) in [5, 5.41) is 12.6. The van der Waals surface area contributed by atoms with E-state index in [1.54, 1.807) is 7.11 Å². The van der Waals surface area contributed by atoms with E-state index in [1.807, 2.05) is 0 Å². The summed E-state index contributed by atoms with van der Waals surface area (Å²) in [6.07, 6.45) is 3.17. The molecule has 0 heterocycles. The number of aliphatic hydroxyl groups excluding tert-OH is 1. The summed E-state index contributed by atoms with van der Waals surface area (Å²) >= 11 is 0. The molecule has 0 spiro atoms. The Kier molecular flexibility index (Phi) is 10.9. The minimum absolute atomic E-state index is 0.0228. The molecule has 0 aliphatic carbocycles. The number of methoxy groups -OCH3 is 1. The van der Waals surface area contributed by atoms with E-state index in [2.05, 4.69) is 19.2 Å². The first-order chi connectivity index (χ1) is 8.18. The maximum absolute atomic E-state index is 9.24. The Morgan fingerprint density at radius 1 is 1.18 bits per heavy atom. The molecule has 4 nitrogen and oxygen atoms in total. The zero-order valence-electron chi connectivity index (χ0n) is 11.6. The van der Waals surface area contributed by atoms with Crippen molar-refractivity contribution in [1.82, 2.24) is 5.32 Å². The van der Waals surface area contributed by atoms with Crippen LogP contribution in [0, 0.1) is 5.41 Å². The molecule has 0 bridgehead atoms. The smallest absolute Gasteiger partial charge is 0.0700 e. The van der Waals surface area contributed by atoms with Crippen molar-refractivity contribution < 1.29 is 14.6 Å². The van der Waals surface area contributed by atoms with Crippen LogP contribution in [-0.4, -0.2) is 51.7 Å². The molecule has 0 saturated heterocycles. The highest BCUT2D eigenvalue weighted by Gasteiger charge is 2.19. The van der Waals surface area contributed by atoms with Gasteiger partial charge in [0.2, 0.25) is 0 Å². The Balaban J connectivity index is 3.23. The lowest BCUT2D eigenvalue weighted by molar-refractivity contribution is 0.0686. The molecule has 0 aliphatic heterocycles. The second-order valence-electron chi connectivity index (χ2n) is 4.81. The van der Waals surface area contributed by atoms with E-state index in [-0.39, 0.29) is 12.0 Å². The van der Waals surface area contributed by atoms with Crippen molar-refractivity contribution in [3.05, 3.63) is 0 Å². The van der Waals surface area contributed by atoms with Gasteiger partial charge in [-0.25, -0.2) is 0 Å². The van der Waals surface area contributed by atoms with Crippen molar-refractivity contribution in [1.29, 1.82) is 0 Å². The fourth-order valence-corrected chi connectivity index (χ4v) is 1.38. The van der Waals surface area contributed by atoms with E-state index < -0.39 is 0 Å². The van der Waals surface area contributed by atoms with E-state index in [1.165, 1.54) is 0 Å². The van der Waals surface area contributed by atoms with E-state index in [4.69, 9.17) is 9.47 Å². The van der Waals surface area contributed by atoms with Crippen molar-refractivity contribution in [3.8, 4) is 0 Å². The van der Waals surface area contributed by atoms with Crippen LogP contribution in [0.5, 0.6) is 0 Å². The number of nitrogens with one attached hydrogen (secondary N) is 1. The molecule has 0 radical (unpaired) electrons. The monoisotopic (exact) mass is 247 g/mol.